The van der Waals surface area contributed by atoms with Crippen LogP contribution in [0.3, 0.4) is 0 Å². The highest BCUT2D eigenvalue weighted by atomic mass is 35.5. The van der Waals surface area contributed by atoms with Crippen LogP contribution in [0.2, 0.25) is 5.28 Å². The van der Waals surface area contributed by atoms with Crippen LogP contribution in [-0.2, 0) is 0 Å². The highest BCUT2D eigenvalue weighted by Gasteiger charge is 2.34. The van der Waals surface area contributed by atoms with Gasteiger partial charge in [0.15, 0.2) is 0 Å². The van der Waals surface area contributed by atoms with E-state index in [9.17, 15) is 5.11 Å². The topological polar surface area (TPSA) is 83.0 Å². The molecule has 7 heteroatoms. The van der Waals surface area contributed by atoms with Crippen LogP contribution in [0.5, 0.6) is 0 Å². The van der Waals surface area contributed by atoms with Gasteiger partial charge in [0.05, 0.1) is 12.1 Å². The number of hydrogen-bond donors (Lipinski definition) is 3. The lowest BCUT2D eigenvalue weighted by molar-refractivity contribution is 0.154. The molecule has 1 aromatic rings. The van der Waals surface area contributed by atoms with Crippen molar-refractivity contribution in [1.82, 2.24) is 15.0 Å². The Morgan fingerprint density at radius 1 is 1.26 bits per heavy atom. The third kappa shape index (κ3) is 3.45. The van der Waals surface area contributed by atoms with Gasteiger partial charge in [-0.05, 0) is 43.2 Å². The summed E-state index contributed by atoms with van der Waals surface area (Å²) >= 11 is 5.85. The van der Waals surface area contributed by atoms with Gasteiger partial charge in [-0.1, -0.05) is 6.92 Å². The predicted molar refractivity (Wildman–Crippen MR) is 75.5 cm³/mol. The molecule has 0 radical (unpaired) electrons. The molecule has 0 aromatic carbocycles. The summed E-state index contributed by atoms with van der Waals surface area (Å²) < 4.78 is 0. The molecule has 19 heavy (non-hydrogen) atoms. The van der Waals surface area contributed by atoms with Crippen molar-refractivity contribution in [2.24, 2.45) is 5.92 Å². The van der Waals surface area contributed by atoms with Crippen LogP contribution >= 0.6 is 11.6 Å². The van der Waals surface area contributed by atoms with Gasteiger partial charge in [0.25, 0.3) is 0 Å². The van der Waals surface area contributed by atoms with Crippen molar-refractivity contribution in [2.45, 2.75) is 38.1 Å². The Morgan fingerprint density at radius 2 is 1.89 bits per heavy atom. The molecule has 0 amide bonds. The second-order valence-corrected chi connectivity index (χ2v) is 5.59. The average molecular weight is 286 g/mol. The van der Waals surface area contributed by atoms with E-state index >= 15 is 0 Å². The Balaban J connectivity index is 2.16. The molecule has 1 saturated carbocycles. The summed E-state index contributed by atoms with van der Waals surface area (Å²) in [5, 5.41) is 15.9. The smallest absolute Gasteiger partial charge is 0.229 e. The normalized spacial score (nSPS) is 27.1. The Kier molecular flexibility index (Phi) is 4.42. The average Bonchev–Trinajstić information content (AvgIpc) is 2.41. The molecule has 1 heterocycles. The first-order chi connectivity index (χ1) is 9.07. The van der Waals surface area contributed by atoms with Crippen LogP contribution < -0.4 is 10.6 Å². The van der Waals surface area contributed by atoms with E-state index in [0.717, 1.165) is 25.7 Å². The summed E-state index contributed by atoms with van der Waals surface area (Å²) in [7, 11) is 1.72. The molecule has 2 rings (SSSR count). The van der Waals surface area contributed by atoms with Crippen LogP contribution in [0.25, 0.3) is 0 Å². The fraction of sp³-hybridized carbons (Fsp3) is 0.750. The van der Waals surface area contributed by atoms with Crippen LogP contribution in [-0.4, -0.2) is 39.3 Å². The molecule has 0 saturated heterocycles. The van der Waals surface area contributed by atoms with E-state index in [-0.39, 0.29) is 17.4 Å². The summed E-state index contributed by atoms with van der Waals surface area (Å²) in [6, 6.07) is 0. The van der Waals surface area contributed by atoms with Gasteiger partial charge in [0.2, 0.25) is 17.2 Å². The van der Waals surface area contributed by atoms with Gasteiger partial charge in [-0.15, -0.1) is 0 Å². The highest BCUT2D eigenvalue weighted by Crippen LogP contribution is 2.33. The van der Waals surface area contributed by atoms with Gasteiger partial charge < -0.3 is 15.7 Å². The standard InChI is InChI=1S/C12H20ClN5O/c1-8-3-5-12(7-19,6-4-8)18-11-16-9(13)15-10(14-2)17-11/h8,19H,3-7H2,1-2H3,(H2,14,15,16,17,18). The number of anilines is 2. The third-order valence-corrected chi connectivity index (χ3v) is 3.91. The van der Waals surface area contributed by atoms with E-state index in [1.165, 1.54) is 0 Å². The van der Waals surface area contributed by atoms with E-state index in [4.69, 9.17) is 11.6 Å². The number of nitrogens with zero attached hydrogens (tertiary/aromatic N) is 3. The van der Waals surface area contributed by atoms with Crippen molar-refractivity contribution >= 4 is 23.5 Å². The minimum Gasteiger partial charge on any atom is -0.394 e. The van der Waals surface area contributed by atoms with Gasteiger partial charge in [-0.3, -0.25) is 0 Å². The zero-order valence-electron chi connectivity index (χ0n) is 11.3. The van der Waals surface area contributed by atoms with E-state index in [2.05, 4.69) is 32.5 Å². The predicted octanol–water partition coefficient (Wildman–Crippen LogP) is 1.92. The van der Waals surface area contributed by atoms with Gasteiger partial charge in [-0.25, -0.2) is 0 Å². The molecule has 0 spiro atoms. The summed E-state index contributed by atoms with van der Waals surface area (Å²) in [6.45, 7) is 2.30. The van der Waals surface area contributed by atoms with Crippen LogP contribution in [0, 0.1) is 5.92 Å². The fourth-order valence-electron chi connectivity index (χ4n) is 2.39. The number of aliphatic hydroxyl groups excluding tert-OH is 1. The maximum atomic E-state index is 9.70. The highest BCUT2D eigenvalue weighted by molar-refractivity contribution is 6.28. The molecular formula is C12H20ClN5O. The van der Waals surface area contributed by atoms with E-state index in [0.29, 0.717) is 17.8 Å². The number of hydrogen-bond acceptors (Lipinski definition) is 6. The molecule has 6 nitrogen and oxygen atoms in total. The number of nitrogens with one attached hydrogen (secondary N) is 2. The van der Waals surface area contributed by atoms with Crippen molar-refractivity contribution in [1.29, 1.82) is 0 Å². The molecule has 0 aliphatic heterocycles. The molecule has 1 aliphatic rings. The lowest BCUT2D eigenvalue weighted by atomic mass is 9.77. The van der Waals surface area contributed by atoms with Crippen LogP contribution in [0.1, 0.15) is 32.6 Å². The number of aromatic nitrogens is 3. The molecule has 0 atom stereocenters. The maximum Gasteiger partial charge on any atom is 0.229 e. The van der Waals surface area contributed by atoms with Crippen molar-refractivity contribution in [3.63, 3.8) is 0 Å². The molecule has 3 N–H and O–H groups in total. The quantitative estimate of drug-likeness (QED) is 0.784. The van der Waals surface area contributed by atoms with Crippen molar-refractivity contribution < 1.29 is 5.11 Å². The van der Waals surface area contributed by atoms with Gasteiger partial charge >= 0.3 is 0 Å². The zero-order chi connectivity index (χ0) is 13.9. The van der Waals surface area contributed by atoms with Crippen LogP contribution in [0.4, 0.5) is 11.9 Å². The second kappa shape index (κ2) is 5.88. The molecule has 1 fully saturated rings. The molecule has 0 bridgehead atoms. The summed E-state index contributed by atoms with van der Waals surface area (Å²) in [4.78, 5) is 12.2. The first kappa shape index (κ1) is 14.3. The van der Waals surface area contributed by atoms with E-state index < -0.39 is 0 Å². The van der Waals surface area contributed by atoms with Gasteiger partial charge in [0.1, 0.15) is 0 Å². The largest absolute Gasteiger partial charge is 0.394 e. The Hall–Kier alpha value is -1.14. The third-order valence-electron chi connectivity index (χ3n) is 3.74. The maximum absolute atomic E-state index is 9.70. The van der Waals surface area contributed by atoms with Crippen molar-refractivity contribution in [3.05, 3.63) is 5.28 Å². The SMILES string of the molecule is CNc1nc(Cl)nc(NC2(CO)CCC(C)CC2)n1. The minimum absolute atomic E-state index is 0.0674. The van der Waals surface area contributed by atoms with Crippen molar-refractivity contribution in [3.8, 4) is 0 Å². The Morgan fingerprint density at radius 3 is 2.47 bits per heavy atom. The first-order valence-corrected chi connectivity index (χ1v) is 6.93. The Bertz CT molecular complexity index is 434. The number of halogens is 1. The summed E-state index contributed by atoms with van der Waals surface area (Å²) in [5.74, 6) is 1.53. The van der Waals surface area contributed by atoms with E-state index in [1.54, 1.807) is 7.05 Å². The van der Waals surface area contributed by atoms with E-state index in [1.807, 2.05) is 0 Å². The monoisotopic (exact) mass is 285 g/mol. The van der Waals surface area contributed by atoms with Crippen LogP contribution in [0.15, 0.2) is 0 Å². The summed E-state index contributed by atoms with van der Waals surface area (Å²) in [5.41, 5.74) is -0.345. The molecule has 1 aliphatic carbocycles. The molecule has 0 unspecified atom stereocenters. The molecule has 1 aromatic heterocycles. The van der Waals surface area contributed by atoms with Gasteiger partial charge in [-0.2, -0.15) is 15.0 Å². The lowest BCUT2D eigenvalue weighted by Crippen LogP contribution is -2.45. The van der Waals surface area contributed by atoms with Gasteiger partial charge in [0, 0.05) is 7.05 Å². The number of aliphatic hydroxyl groups is 1. The van der Waals surface area contributed by atoms with Crippen molar-refractivity contribution in [2.75, 3.05) is 24.3 Å². The first-order valence-electron chi connectivity index (χ1n) is 6.55. The molecular weight excluding hydrogens is 266 g/mol. The summed E-state index contributed by atoms with van der Waals surface area (Å²) in [6.07, 6.45) is 3.99. The fourth-order valence-corrected chi connectivity index (χ4v) is 2.55. The lowest BCUT2D eigenvalue weighted by Gasteiger charge is -2.38. The number of rotatable bonds is 4. The Labute approximate surface area is 118 Å². The zero-order valence-corrected chi connectivity index (χ0v) is 12.0. The molecule has 106 valence electrons. The second-order valence-electron chi connectivity index (χ2n) is 5.25. The minimum atomic E-state index is -0.345.